The quantitative estimate of drug-likeness (QED) is 0.455. The summed E-state index contributed by atoms with van der Waals surface area (Å²) in [6.07, 6.45) is 0. The summed E-state index contributed by atoms with van der Waals surface area (Å²) in [6, 6.07) is 14.4. The van der Waals surface area contributed by atoms with E-state index in [4.69, 9.17) is 14.2 Å². The number of Topliss-reactive ketones (excluding diaryl/α,β-unsaturated/α-hetero) is 1. The molecule has 0 amide bonds. The smallest absolute Gasteiger partial charge is 0.358 e. The molecule has 1 aromatic heterocycles. The number of nitrogens with zero attached hydrogens (tertiary/aromatic N) is 1. The Hall–Kier alpha value is -3.19. The summed E-state index contributed by atoms with van der Waals surface area (Å²) in [6.45, 7) is -0.416. The molecule has 0 radical (unpaired) electrons. The molecule has 0 atom stereocenters. The zero-order chi connectivity index (χ0) is 19.2. The first-order valence-electron chi connectivity index (χ1n) is 8.05. The standard InChI is InChI=1S/C20H17NO5S/c1-24-14-8-9-18(25-2)15(10-14)17(22)11-26-20(23)16-12-27-19(21-16)13-6-4-3-5-7-13/h3-10,12H,11H2,1-2H3. The van der Waals surface area contributed by atoms with Crippen molar-refractivity contribution in [3.05, 3.63) is 65.2 Å². The van der Waals surface area contributed by atoms with Crippen molar-refractivity contribution < 1.29 is 23.8 Å². The van der Waals surface area contributed by atoms with Gasteiger partial charge in [-0.05, 0) is 18.2 Å². The third kappa shape index (κ3) is 4.32. The average Bonchev–Trinajstić information content (AvgIpc) is 3.22. The second kappa shape index (κ2) is 8.46. The molecule has 0 spiro atoms. The number of thiazole rings is 1. The summed E-state index contributed by atoms with van der Waals surface area (Å²) < 4.78 is 15.4. The Morgan fingerprint density at radius 3 is 2.52 bits per heavy atom. The molecule has 0 aliphatic carbocycles. The molecule has 7 heteroatoms. The predicted molar refractivity (Wildman–Crippen MR) is 102 cm³/mol. The van der Waals surface area contributed by atoms with Crippen LogP contribution < -0.4 is 9.47 Å². The zero-order valence-corrected chi connectivity index (χ0v) is 15.6. The minimum atomic E-state index is -0.649. The molecule has 0 aliphatic rings. The Bertz CT molecular complexity index is 952. The van der Waals surface area contributed by atoms with Gasteiger partial charge in [0.1, 0.15) is 16.5 Å². The summed E-state index contributed by atoms with van der Waals surface area (Å²) in [5, 5.41) is 2.32. The van der Waals surface area contributed by atoms with Gasteiger partial charge in [-0.15, -0.1) is 11.3 Å². The summed E-state index contributed by atoms with van der Waals surface area (Å²) in [7, 11) is 2.97. The van der Waals surface area contributed by atoms with E-state index in [1.165, 1.54) is 25.6 Å². The highest BCUT2D eigenvalue weighted by Crippen LogP contribution is 2.25. The maximum atomic E-state index is 12.4. The molecule has 0 bridgehead atoms. The normalized spacial score (nSPS) is 10.3. The van der Waals surface area contributed by atoms with Crippen LogP contribution >= 0.6 is 11.3 Å². The van der Waals surface area contributed by atoms with E-state index in [0.717, 1.165) is 5.56 Å². The van der Waals surface area contributed by atoms with Crippen molar-refractivity contribution in [2.45, 2.75) is 0 Å². The van der Waals surface area contributed by atoms with Gasteiger partial charge >= 0.3 is 5.97 Å². The second-order valence-electron chi connectivity index (χ2n) is 5.47. The van der Waals surface area contributed by atoms with E-state index in [2.05, 4.69) is 4.98 Å². The first-order chi connectivity index (χ1) is 13.1. The highest BCUT2D eigenvalue weighted by atomic mass is 32.1. The van der Waals surface area contributed by atoms with Gasteiger partial charge < -0.3 is 14.2 Å². The van der Waals surface area contributed by atoms with Crippen LogP contribution in [0.15, 0.2) is 53.9 Å². The van der Waals surface area contributed by atoms with Crippen molar-refractivity contribution in [2.75, 3.05) is 20.8 Å². The molecule has 0 N–H and O–H groups in total. The topological polar surface area (TPSA) is 74.7 Å². The number of methoxy groups -OCH3 is 2. The van der Waals surface area contributed by atoms with Crippen molar-refractivity contribution in [2.24, 2.45) is 0 Å². The highest BCUT2D eigenvalue weighted by molar-refractivity contribution is 7.13. The predicted octanol–water partition coefficient (Wildman–Crippen LogP) is 3.87. The summed E-state index contributed by atoms with van der Waals surface area (Å²) in [4.78, 5) is 28.9. The van der Waals surface area contributed by atoms with E-state index in [1.807, 2.05) is 30.3 Å². The first-order valence-corrected chi connectivity index (χ1v) is 8.93. The lowest BCUT2D eigenvalue weighted by molar-refractivity contribution is 0.0469. The lowest BCUT2D eigenvalue weighted by Crippen LogP contribution is -2.15. The van der Waals surface area contributed by atoms with E-state index in [-0.39, 0.29) is 11.3 Å². The molecule has 6 nitrogen and oxygen atoms in total. The third-order valence-corrected chi connectivity index (χ3v) is 4.67. The number of carbonyl (C=O) groups is 2. The number of ether oxygens (including phenoxy) is 3. The van der Waals surface area contributed by atoms with Gasteiger partial charge in [-0.2, -0.15) is 0 Å². The number of hydrogen-bond acceptors (Lipinski definition) is 7. The number of esters is 1. The van der Waals surface area contributed by atoms with Crippen LogP contribution in [0.4, 0.5) is 0 Å². The molecular weight excluding hydrogens is 366 g/mol. The Morgan fingerprint density at radius 2 is 1.81 bits per heavy atom. The molecule has 2 aromatic carbocycles. The number of benzene rings is 2. The van der Waals surface area contributed by atoms with E-state index < -0.39 is 18.4 Å². The van der Waals surface area contributed by atoms with Crippen molar-refractivity contribution in [3.8, 4) is 22.1 Å². The maximum Gasteiger partial charge on any atom is 0.358 e. The fourth-order valence-corrected chi connectivity index (χ4v) is 3.19. The van der Waals surface area contributed by atoms with Gasteiger partial charge in [-0.3, -0.25) is 4.79 Å². The third-order valence-electron chi connectivity index (χ3n) is 3.78. The van der Waals surface area contributed by atoms with E-state index in [0.29, 0.717) is 16.5 Å². The van der Waals surface area contributed by atoms with Crippen LogP contribution in [0.3, 0.4) is 0 Å². The van der Waals surface area contributed by atoms with Gasteiger partial charge in [0.05, 0.1) is 19.8 Å². The molecular formula is C20H17NO5S. The Balaban J connectivity index is 1.68. The zero-order valence-electron chi connectivity index (χ0n) is 14.8. The lowest BCUT2D eigenvalue weighted by Gasteiger charge is -2.09. The van der Waals surface area contributed by atoms with Gasteiger partial charge in [-0.1, -0.05) is 30.3 Å². The molecule has 1 heterocycles. The molecule has 0 saturated heterocycles. The maximum absolute atomic E-state index is 12.4. The van der Waals surface area contributed by atoms with Crippen LogP contribution in [0.25, 0.3) is 10.6 Å². The average molecular weight is 383 g/mol. The van der Waals surface area contributed by atoms with E-state index >= 15 is 0 Å². The summed E-state index contributed by atoms with van der Waals surface area (Å²) in [5.41, 5.74) is 1.37. The van der Waals surface area contributed by atoms with Gasteiger partial charge in [0.2, 0.25) is 5.78 Å². The molecule has 0 fully saturated rings. The van der Waals surface area contributed by atoms with Crippen molar-refractivity contribution in [3.63, 3.8) is 0 Å². The lowest BCUT2D eigenvalue weighted by atomic mass is 10.1. The van der Waals surface area contributed by atoms with Crippen LogP contribution in [0, 0.1) is 0 Å². The fraction of sp³-hybridized carbons (Fsp3) is 0.150. The van der Waals surface area contributed by atoms with Gasteiger partial charge in [-0.25, -0.2) is 9.78 Å². The molecule has 138 valence electrons. The van der Waals surface area contributed by atoms with E-state index in [9.17, 15) is 9.59 Å². The molecule has 3 aromatic rings. The van der Waals surface area contributed by atoms with Crippen molar-refractivity contribution in [1.29, 1.82) is 0 Å². The largest absolute Gasteiger partial charge is 0.497 e. The highest BCUT2D eigenvalue weighted by Gasteiger charge is 2.18. The van der Waals surface area contributed by atoms with Crippen LogP contribution in [0.2, 0.25) is 0 Å². The number of hydrogen-bond donors (Lipinski definition) is 0. The number of ketones is 1. The Labute approximate surface area is 160 Å². The van der Waals surface area contributed by atoms with Gasteiger partial charge in [0.15, 0.2) is 12.3 Å². The van der Waals surface area contributed by atoms with Crippen LogP contribution in [0.5, 0.6) is 11.5 Å². The van der Waals surface area contributed by atoms with Gasteiger partial charge in [0, 0.05) is 10.9 Å². The summed E-state index contributed by atoms with van der Waals surface area (Å²) >= 11 is 1.34. The molecule has 0 unspecified atom stereocenters. The van der Waals surface area contributed by atoms with E-state index in [1.54, 1.807) is 23.6 Å². The molecule has 27 heavy (non-hydrogen) atoms. The molecule has 0 aliphatic heterocycles. The minimum Gasteiger partial charge on any atom is -0.497 e. The van der Waals surface area contributed by atoms with Gasteiger partial charge in [0.25, 0.3) is 0 Å². The molecule has 3 rings (SSSR count). The monoisotopic (exact) mass is 383 g/mol. The first kappa shape index (κ1) is 18.6. The van der Waals surface area contributed by atoms with Crippen molar-refractivity contribution in [1.82, 2.24) is 4.98 Å². The summed E-state index contributed by atoms with van der Waals surface area (Å²) in [5.74, 6) is -0.143. The van der Waals surface area contributed by atoms with Crippen LogP contribution in [-0.4, -0.2) is 37.6 Å². The Kier molecular flexibility index (Phi) is 5.83. The van der Waals surface area contributed by atoms with Crippen LogP contribution in [0.1, 0.15) is 20.8 Å². The van der Waals surface area contributed by atoms with Crippen molar-refractivity contribution >= 4 is 23.1 Å². The number of rotatable bonds is 7. The van der Waals surface area contributed by atoms with Crippen LogP contribution in [-0.2, 0) is 4.74 Å². The Morgan fingerprint density at radius 1 is 1.04 bits per heavy atom. The molecule has 0 saturated carbocycles. The number of aromatic nitrogens is 1. The SMILES string of the molecule is COc1ccc(OC)c(C(=O)COC(=O)c2csc(-c3ccccc3)n2)c1. The minimum absolute atomic E-state index is 0.171. The second-order valence-corrected chi connectivity index (χ2v) is 6.33. The fourth-order valence-electron chi connectivity index (χ4n) is 2.40. The number of carbonyl (C=O) groups excluding carboxylic acids is 2.